The Labute approximate surface area is 133 Å². The fourth-order valence-electron chi connectivity index (χ4n) is 1.43. The molecule has 1 heterocycles. The summed E-state index contributed by atoms with van der Waals surface area (Å²) in [6.45, 7) is 0. The Morgan fingerprint density at radius 3 is 2.75 bits per heavy atom. The fraction of sp³-hybridized carbons (Fsp3) is 0.0833. The fourth-order valence-corrected chi connectivity index (χ4v) is 2.10. The molecule has 0 aliphatic carbocycles. The highest BCUT2D eigenvalue weighted by atomic mass is 79.9. The monoisotopic (exact) mass is 375 g/mol. The average molecular weight is 377 g/mol. The molecule has 1 aromatic carbocycles. The summed E-state index contributed by atoms with van der Waals surface area (Å²) in [6.07, 6.45) is 0. The number of carbonyl (C=O) groups is 1. The summed E-state index contributed by atoms with van der Waals surface area (Å²) < 4.78 is 5.80. The summed E-state index contributed by atoms with van der Waals surface area (Å²) in [4.78, 5) is 12.2. The first-order valence-electron chi connectivity index (χ1n) is 5.35. The molecule has 0 saturated carbocycles. The van der Waals surface area contributed by atoms with E-state index in [9.17, 15) is 4.79 Å². The largest absolute Gasteiger partial charge is 0.497 e. The van der Waals surface area contributed by atoms with Gasteiger partial charge < -0.3 is 10.1 Å². The lowest BCUT2D eigenvalue weighted by Gasteiger charge is -2.09. The number of hydrogen-bond donors (Lipinski definition) is 1. The number of aromatic nitrogens is 2. The van der Waals surface area contributed by atoms with Crippen molar-refractivity contribution in [1.29, 1.82) is 0 Å². The van der Waals surface area contributed by atoms with E-state index >= 15 is 0 Å². The molecule has 1 aromatic heterocycles. The highest BCUT2D eigenvalue weighted by Crippen LogP contribution is 2.28. The van der Waals surface area contributed by atoms with Gasteiger partial charge in [0.05, 0.1) is 18.4 Å². The number of rotatable bonds is 3. The third-order valence-corrected chi connectivity index (χ3v) is 3.54. The van der Waals surface area contributed by atoms with Gasteiger partial charge in [-0.2, -0.15) is 0 Å². The lowest BCUT2D eigenvalue weighted by Crippen LogP contribution is -2.14. The van der Waals surface area contributed by atoms with Crippen LogP contribution in [0.2, 0.25) is 10.3 Å². The number of amides is 1. The summed E-state index contributed by atoms with van der Waals surface area (Å²) in [5.74, 6) is 0.168. The minimum absolute atomic E-state index is 0.0223. The van der Waals surface area contributed by atoms with E-state index in [0.29, 0.717) is 15.9 Å². The van der Waals surface area contributed by atoms with E-state index in [1.807, 2.05) is 0 Å². The SMILES string of the molecule is COc1ccc(Br)c(NC(=O)c2cc(Cl)nnc2Cl)c1. The topological polar surface area (TPSA) is 64.1 Å². The summed E-state index contributed by atoms with van der Waals surface area (Å²) in [6, 6.07) is 6.54. The summed E-state index contributed by atoms with van der Waals surface area (Å²) in [5.41, 5.74) is 0.680. The molecule has 5 nitrogen and oxygen atoms in total. The minimum Gasteiger partial charge on any atom is -0.497 e. The number of hydrogen-bond acceptors (Lipinski definition) is 4. The molecule has 1 N–H and O–H groups in total. The lowest BCUT2D eigenvalue weighted by molar-refractivity contribution is 0.102. The number of nitrogens with one attached hydrogen (secondary N) is 1. The maximum Gasteiger partial charge on any atom is 0.259 e. The van der Waals surface area contributed by atoms with E-state index < -0.39 is 5.91 Å². The van der Waals surface area contributed by atoms with Crippen LogP contribution in [0.25, 0.3) is 0 Å². The van der Waals surface area contributed by atoms with Gasteiger partial charge in [-0.25, -0.2) is 0 Å². The third kappa shape index (κ3) is 3.39. The average Bonchev–Trinajstić information content (AvgIpc) is 2.43. The second-order valence-corrected chi connectivity index (χ2v) is 5.27. The molecule has 0 radical (unpaired) electrons. The van der Waals surface area contributed by atoms with Gasteiger partial charge in [0, 0.05) is 10.5 Å². The Balaban J connectivity index is 2.30. The van der Waals surface area contributed by atoms with Crippen LogP contribution in [0.1, 0.15) is 10.4 Å². The van der Waals surface area contributed by atoms with Crippen molar-refractivity contribution in [2.45, 2.75) is 0 Å². The van der Waals surface area contributed by atoms with Gasteiger partial charge >= 0.3 is 0 Å². The van der Waals surface area contributed by atoms with Crippen molar-refractivity contribution in [3.63, 3.8) is 0 Å². The maximum absolute atomic E-state index is 12.2. The van der Waals surface area contributed by atoms with Crippen molar-refractivity contribution in [3.05, 3.63) is 44.6 Å². The summed E-state index contributed by atoms with van der Waals surface area (Å²) in [5, 5.41) is 9.89. The van der Waals surface area contributed by atoms with E-state index in [2.05, 4.69) is 31.4 Å². The standard InChI is InChI=1S/C12H8BrCl2N3O2/c1-20-6-2-3-8(13)9(4-6)16-12(19)7-5-10(14)17-18-11(7)15/h2-5H,1H3,(H,16,19). The van der Waals surface area contributed by atoms with Crippen LogP contribution in [0.5, 0.6) is 5.75 Å². The van der Waals surface area contributed by atoms with E-state index in [1.54, 1.807) is 18.2 Å². The van der Waals surface area contributed by atoms with Gasteiger partial charge in [-0.3, -0.25) is 4.79 Å². The van der Waals surface area contributed by atoms with Gasteiger partial charge in [-0.1, -0.05) is 23.2 Å². The molecular formula is C12H8BrCl2N3O2. The Kier molecular flexibility index (Phi) is 4.80. The van der Waals surface area contributed by atoms with Crippen LogP contribution < -0.4 is 10.1 Å². The minimum atomic E-state index is -0.444. The second-order valence-electron chi connectivity index (χ2n) is 3.67. The number of benzene rings is 1. The van der Waals surface area contributed by atoms with Crippen LogP contribution in [0.4, 0.5) is 5.69 Å². The number of methoxy groups -OCH3 is 1. The first kappa shape index (κ1) is 15.0. The Bertz CT molecular complexity index is 667. The maximum atomic E-state index is 12.2. The first-order chi connectivity index (χ1) is 9.51. The van der Waals surface area contributed by atoms with E-state index in [1.165, 1.54) is 13.2 Å². The van der Waals surface area contributed by atoms with Crippen LogP contribution in [0.3, 0.4) is 0 Å². The molecule has 20 heavy (non-hydrogen) atoms. The molecule has 0 aliphatic heterocycles. The Hall–Kier alpha value is -1.37. The zero-order chi connectivity index (χ0) is 14.7. The third-order valence-electron chi connectivity index (χ3n) is 2.39. The predicted molar refractivity (Wildman–Crippen MR) is 80.7 cm³/mol. The highest BCUT2D eigenvalue weighted by Gasteiger charge is 2.15. The molecule has 0 aliphatic rings. The van der Waals surface area contributed by atoms with Crippen LogP contribution in [0, 0.1) is 0 Å². The number of nitrogens with zero attached hydrogens (tertiary/aromatic N) is 2. The van der Waals surface area contributed by atoms with Gasteiger partial charge in [0.2, 0.25) is 0 Å². The van der Waals surface area contributed by atoms with Gasteiger partial charge in [-0.05, 0) is 34.1 Å². The molecule has 1 amide bonds. The molecule has 2 rings (SSSR count). The smallest absolute Gasteiger partial charge is 0.259 e. The molecular weight excluding hydrogens is 369 g/mol. The predicted octanol–water partition coefficient (Wildman–Crippen LogP) is 3.81. The summed E-state index contributed by atoms with van der Waals surface area (Å²) >= 11 is 14.9. The normalized spacial score (nSPS) is 10.2. The zero-order valence-electron chi connectivity index (χ0n) is 10.2. The molecule has 0 atom stereocenters. The van der Waals surface area contributed by atoms with Crippen LogP contribution in [0.15, 0.2) is 28.7 Å². The van der Waals surface area contributed by atoms with Gasteiger partial charge in [0.1, 0.15) is 5.75 Å². The van der Waals surface area contributed by atoms with Gasteiger partial charge in [0.25, 0.3) is 5.91 Å². The number of ether oxygens (including phenoxy) is 1. The number of anilines is 1. The zero-order valence-corrected chi connectivity index (χ0v) is 13.3. The lowest BCUT2D eigenvalue weighted by atomic mass is 10.2. The van der Waals surface area contributed by atoms with Crippen molar-refractivity contribution in [2.75, 3.05) is 12.4 Å². The molecule has 0 fully saturated rings. The van der Waals surface area contributed by atoms with E-state index in [0.717, 1.165) is 0 Å². The van der Waals surface area contributed by atoms with Crippen LogP contribution >= 0.6 is 39.1 Å². The van der Waals surface area contributed by atoms with Crippen molar-refractivity contribution < 1.29 is 9.53 Å². The van der Waals surface area contributed by atoms with Gasteiger partial charge in [0.15, 0.2) is 10.3 Å². The molecule has 104 valence electrons. The Morgan fingerprint density at radius 1 is 1.30 bits per heavy atom. The Morgan fingerprint density at radius 2 is 2.05 bits per heavy atom. The highest BCUT2D eigenvalue weighted by molar-refractivity contribution is 9.10. The molecule has 0 bridgehead atoms. The number of carbonyl (C=O) groups excluding carboxylic acids is 1. The van der Waals surface area contributed by atoms with Crippen molar-refractivity contribution in [2.24, 2.45) is 0 Å². The molecule has 8 heteroatoms. The quantitative estimate of drug-likeness (QED) is 0.884. The number of halogens is 3. The van der Waals surface area contributed by atoms with Gasteiger partial charge in [-0.15, -0.1) is 10.2 Å². The molecule has 2 aromatic rings. The van der Waals surface area contributed by atoms with Crippen molar-refractivity contribution >= 4 is 50.7 Å². The second kappa shape index (κ2) is 6.39. The molecule has 0 spiro atoms. The molecule has 0 saturated heterocycles. The van der Waals surface area contributed by atoms with Crippen LogP contribution in [-0.4, -0.2) is 23.2 Å². The molecule has 0 unspecified atom stereocenters. The van der Waals surface area contributed by atoms with E-state index in [4.69, 9.17) is 27.9 Å². The summed E-state index contributed by atoms with van der Waals surface area (Å²) in [7, 11) is 1.54. The van der Waals surface area contributed by atoms with E-state index in [-0.39, 0.29) is 15.9 Å². The van der Waals surface area contributed by atoms with Crippen molar-refractivity contribution in [1.82, 2.24) is 10.2 Å². The first-order valence-corrected chi connectivity index (χ1v) is 6.89. The van der Waals surface area contributed by atoms with Crippen LogP contribution in [-0.2, 0) is 0 Å². The van der Waals surface area contributed by atoms with Crippen molar-refractivity contribution in [3.8, 4) is 5.75 Å².